The largest absolute Gasteiger partial charge is 0.507 e. The summed E-state index contributed by atoms with van der Waals surface area (Å²) in [5.74, 6) is -0.998. The molecule has 0 heterocycles. The summed E-state index contributed by atoms with van der Waals surface area (Å²) in [7, 11) is -3.24. The topological polar surface area (TPSA) is 101 Å². The average Bonchev–Trinajstić information content (AvgIpc) is 2.61. The van der Waals surface area contributed by atoms with Crippen molar-refractivity contribution in [3.63, 3.8) is 0 Å². The normalized spacial score (nSPS) is 11.3. The van der Waals surface area contributed by atoms with Gasteiger partial charge in [-0.15, -0.1) is 0 Å². The number of hydrogen-bond donors (Lipinski definition) is 2. The molecular formula is C20H24O6S. The van der Waals surface area contributed by atoms with Gasteiger partial charge in [0.1, 0.15) is 17.1 Å². The van der Waals surface area contributed by atoms with E-state index in [0.29, 0.717) is 23.7 Å². The number of sulfone groups is 1. The average molecular weight is 392 g/mol. The van der Waals surface area contributed by atoms with Crippen LogP contribution in [0.2, 0.25) is 0 Å². The minimum atomic E-state index is -3.24. The molecule has 0 aliphatic rings. The van der Waals surface area contributed by atoms with Crippen molar-refractivity contribution in [1.82, 2.24) is 0 Å². The Morgan fingerprint density at radius 3 is 2.30 bits per heavy atom. The molecule has 0 spiro atoms. The maximum Gasteiger partial charge on any atom is 0.339 e. The Balaban J connectivity index is 1.67. The molecule has 0 atom stereocenters. The maximum atomic E-state index is 12.2. The third-order valence-corrected chi connectivity index (χ3v) is 5.97. The Hall–Kier alpha value is -2.54. The van der Waals surface area contributed by atoms with Gasteiger partial charge in [-0.05, 0) is 44.0 Å². The number of phenols is 1. The Morgan fingerprint density at radius 1 is 1.00 bits per heavy atom. The first kappa shape index (κ1) is 20.8. The Kier molecular flexibility index (Phi) is 7.24. The lowest BCUT2D eigenvalue weighted by atomic mass is 10.2. The zero-order chi connectivity index (χ0) is 19.9. The molecule has 7 heteroatoms. The SMILES string of the molecule is Cc1ccc(S(=O)(=O)CCCCCCOc2ccc(C(=O)O)c(O)c2)cc1. The van der Waals surface area contributed by atoms with E-state index in [2.05, 4.69) is 0 Å². The zero-order valence-corrected chi connectivity index (χ0v) is 16.0. The molecule has 0 unspecified atom stereocenters. The van der Waals surface area contributed by atoms with Gasteiger partial charge in [-0.25, -0.2) is 13.2 Å². The van der Waals surface area contributed by atoms with Crippen molar-refractivity contribution >= 4 is 15.8 Å². The molecule has 0 fully saturated rings. The maximum absolute atomic E-state index is 12.2. The van der Waals surface area contributed by atoms with Crippen molar-refractivity contribution in [1.29, 1.82) is 0 Å². The highest BCUT2D eigenvalue weighted by atomic mass is 32.2. The summed E-state index contributed by atoms with van der Waals surface area (Å²) in [4.78, 5) is 11.2. The van der Waals surface area contributed by atoms with Crippen molar-refractivity contribution in [2.45, 2.75) is 37.5 Å². The fourth-order valence-electron chi connectivity index (χ4n) is 2.58. The fourth-order valence-corrected chi connectivity index (χ4v) is 3.95. The summed E-state index contributed by atoms with van der Waals surface area (Å²) in [5.41, 5.74) is 0.858. The summed E-state index contributed by atoms with van der Waals surface area (Å²) in [6.45, 7) is 2.33. The van der Waals surface area contributed by atoms with E-state index in [1.807, 2.05) is 6.92 Å². The molecule has 146 valence electrons. The van der Waals surface area contributed by atoms with Crippen LogP contribution in [0, 0.1) is 6.92 Å². The molecule has 2 N–H and O–H groups in total. The third kappa shape index (κ3) is 6.29. The summed E-state index contributed by atoms with van der Waals surface area (Å²) in [6.07, 6.45) is 2.93. The van der Waals surface area contributed by atoms with Crippen LogP contribution in [0.3, 0.4) is 0 Å². The van der Waals surface area contributed by atoms with Crippen LogP contribution in [-0.4, -0.2) is 37.0 Å². The van der Waals surface area contributed by atoms with Gasteiger partial charge in [0.2, 0.25) is 0 Å². The molecule has 0 aromatic heterocycles. The summed E-state index contributed by atoms with van der Waals surface area (Å²) >= 11 is 0. The first-order chi connectivity index (χ1) is 12.8. The predicted molar refractivity (Wildman–Crippen MR) is 102 cm³/mol. The molecule has 2 aromatic rings. The summed E-state index contributed by atoms with van der Waals surface area (Å²) < 4.78 is 29.9. The van der Waals surface area contributed by atoms with E-state index in [1.54, 1.807) is 24.3 Å². The van der Waals surface area contributed by atoms with E-state index < -0.39 is 15.8 Å². The predicted octanol–water partition coefficient (Wildman–Crippen LogP) is 3.81. The molecule has 0 aliphatic heterocycles. The number of ether oxygens (including phenoxy) is 1. The fraction of sp³-hybridized carbons (Fsp3) is 0.350. The van der Waals surface area contributed by atoms with Gasteiger partial charge < -0.3 is 14.9 Å². The van der Waals surface area contributed by atoms with Crippen molar-refractivity contribution < 1.29 is 28.2 Å². The molecule has 2 rings (SSSR count). The molecular weight excluding hydrogens is 368 g/mol. The van der Waals surface area contributed by atoms with Crippen LogP contribution in [0.5, 0.6) is 11.5 Å². The minimum absolute atomic E-state index is 0.126. The third-order valence-electron chi connectivity index (χ3n) is 4.16. The molecule has 6 nitrogen and oxygen atoms in total. The van der Waals surface area contributed by atoms with Gasteiger partial charge in [-0.2, -0.15) is 0 Å². The van der Waals surface area contributed by atoms with E-state index in [0.717, 1.165) is 24.8 Å². The van der Waals surface area contributed by atoms with E-state index in [1.165, 1.54) is 18.2 Å². The molecule has 0 bridgehead atoms. The van der Waals surface area contributed by atoms with Crippen molar-refractivity contribution in [2.75, 3.05) is 12.4 Å². The van der Waals surface area contributed by atoms with Gasteiger partial charge in [0.15, 0.2) is 9.84 Å². The number of carbonyl (C=O) groups is 1. The standard InChI is InChI=1S/C20H24O6S/c1-15-6-9-17(10-7-15)27(24,25)13-5-3-2-4-12-26-16-8-11-18(20(22)23)19(21)14-16/h6-11,14,21H,2-5,12-13H2,1H3,(H,22,23). The number of unbranched alkanes of at least 4 members (excludes halogenated alkanes) is 3. The number of rotatable bonds is 10. The smallest absolute Gasteiger partial charge is 0.339 e. The second kappa shape index (κ2) is 9.41. The van der Waals surface area contributed by atoms with E-state index in [-0.39, 0.29) is 17.1 Å². The number of aromatic carboxylic acids is 1. The van der Waals surface area contributed by atoms with E-state index in [4.69, 9.17) is 9.84 Å². The van der Waals surface area contributed by atoms with Crippen molar-refractivity contribution in [3.8, 4) is 11.5 Å². The van der Waals surface area contributed by atoms with Crippen LogP contribution in [0.4, 0.5) is 0 Å². The quantitative estimate of drug-likeness (QED) is 0.596. The first-order valence-corrected chi connectivity index (χ1v) is 10.4. The Labute approximate surface area is 159 Å². The van der Waals surface area contributed by atoms with Gasteiger partial charge in [-0.3, -0.25) is 0 Å². The second-order valence-electron chi connectivity index (χ2n) is 6.38. The van der Waals surface area contributed by atoms with Gasteiger partial charge in [0.05, 0.1) is 17.3 Å². The minimum Gasteiger partial charge on any atom is -0.507 e. The summed E-state index contributed by atoms with van der Waals surface area (Å²) in [5, 5.41) is 18.5. The Morgan fingerprint density at radius 2 is 1.67 bits per heavy atom. The van der Waals surface area contributed by atoms with Crippen LogP contribution >= 0.6 is 0 Å². The highest BCUT2D eigenvalue weighted by Crippen LogP contribution is 2.23. The van der Waals surface area contributed by atoms with E-state index in [9.17, 15) is 18.3 Å². The molecule has 27 heavy (non-hydrogen) atoms. The lowest BCUT2D eigenvalue weighted by molar-refractivity contribution is 0.0693. The molecule has 0 saturated carbocycles. The second-order valence-corrected chi connectivity index (χ2v) is 8.49. The Bertz CT molecular complexity index is 872. The number of benzene rings is 2. The summed E-state index contributed by atoms with van der Waals surface area (Å²) in [6, 6.07) is 10.9. The monoisotopic (exact) mass is 392 g/mol. The number of carboxylic acids is 1. The van der Waals surface area contributed by atoms with Crippen LogP contribution in [0.1, 0.15) is 41.6 Å². The van der Waals surface area contributed by atoms with Crippen LogP contribution < -0.4 is 4.74 Å². The van der Waals surface area contributed by atoms with Gasteiger partial charge >= 0.3 is 5.97 Å². The van der Waals surface area contributed by atoms with Gasteiger partial charge in [0.25, 0.3) is 0 Å². The lowest BCUT2D eigenvalue weighted by Crippen LogP contribution is -2.07. The van der Waals surface area contributed by atoms with Crippen LogP contribution in [0.15, 0.2) is 47.4 Å². The number of carboxylic acid groups (broad SMARTS) is 1. The van der Waals surface area contributed by atoms with Crippen LogP contribution in [-0.2, 0) is 9.84 Å². The lowest BCUT2D eigenvalue weighted by Gasteiger charge is -2.08. The number of hydrogen-bond acceptors (Lipinski definition) is 5. The molecule has 0 aliphatic carbocycles. The molecule has 2 aromatic carbocycles. The highest BCUT2D eigenvalue weighted by molar-refractivity contribution is 7.91. The van der Waals surface area contributed by atoms with Gasteiger partial charge in [-0.1, -0.05) is 30.5 Å². The first-order valence-electron chi connectivity index (χ1n) is 8.78. The number of aromatic hydroxyl groups is 1. The highest BCUT2D eigenvalue weighted by Gasteiger charge is 2.13. The van der Waals surface area contributed by atoms with Crippen molar-refractivity contribution in [2.24, 2.45) is 0 Å². The van der Waals surface area contributed by atoms with Crippen LogP contribution in [0.25, 0.3) is 0 Å². The van der Waals surface area contributed by atoms with E-state index >= 15 is 0 Å². The van der Waals surface area contributed by atoms with Gasteiger partial charge in [0, 0.05) is 6.07 Å². The van der Waals surface area contributed by atoms with Crippen molar-refractivity contribution in [3.05, 3.63) is 53.6 Å². The molecule has 0 radical (unpaired) electrons. The molecule has 0 saturated heterocycles. The number of aryl methyl sites for hydroxylation is 1. The molecule has 0 amide bonds. The zero-order valence-electron chi connectivity index (χ0n) is 15.2.